The van der Waals surface area contributed by atoms with Gasteiger partial charge in [-0.15, -0.1) is 0 Å². The fraction of sp³-hybridized carbons (Fsp3) is 0.0952. The van der Waals surface area contributed by atoms with Gasteiger partial charge in [-0.05, 0) is 0 Å². The summed E-state index contributed by atoms with van der Waals surface area (Å²) in [4.78, 5) is 22.0. The Morgan fingerprint density at radius 3 is 1.46 bits per heavy atom. The van der Waals surface area contributed by atoms with Gasteiger partial charge in [-0.25, -0.2) is 9.97 Å². The van der Waals surface area contributed by atoms with Gasteiger partial charge in [0.05, 0.1) is 0 Å². The smallest absolute Gasteiger partial charge is 0.232 e. The van der Waals surface area contributed by atoms with E-state index in [-0.39, 0.29) is 5.78 Å². The highest BCUT2D eigenvalue weighted by atomic mass is 16.1. The van der Waals surface area contributed by atoms with Crippen molar-refractivity contribution in [3.63, 3.8) is 0 Å². The number of hydrogen-bond donors (Lipinski definition) is 0. The average Bonchev–Trinajstić information content (AvgIpc) is 3.25. The van der Waals surface area contributed by atoms with Gasteiger partial charge in [0.15, 0.2) is 0 Å². The Hall–Kier alpha value is -3.47. The summed E-state index contributed by atoms with van der Waals surface area (Å²) in [5.74, 6) is 1.34. The van der Waals surface area contributed by atoms with Gasteiger partial charge in [0.2, 0.25) is 5.78 Å². The number of rotatable bonds is 4. The minimum Gasteiger partial charge on any atom is -0.333 e. The highest BCUT2D eigenvalue weighted by Crippen LogP contribution is 2.21. The maximum absolute atomic E-state index is 12.9. The van der Waals surface area contributed by atoms with E-state index >= 15 is 0 Å². The summed E-state index contributed by atoms with van der Waals surface area (Å²) < 4.78 is 3.73. The Kier molecular flexibility index (Phi) is 3.97. The molecule has 0 aliphatic heterocycles. The van der Waals surface area contributed by atoms with Gasteiger partial charge in [-0.3, -0.25) is 4.79 Å². The lowest BCUT2D eigenvalue weighted by Crippen LogP contribution is -2.02. The van der Waals surface area contributed by atoms with E-state index in [9.17, 15) is 4.79 Å². The molecule has 0 saturated carbocycles. The van der Waals surface area contributed by atoms with Gasteiger partial charge in [-0.1, -0.05) is 60.7 Å². The maximum Gasteiger partial charge on any atom is 0.232 e. The van der Waals surface area contributed by atoms with Crippen molar-refractivity contribution < 1.29 is 4.79 Å². The summed E-state index contributed by atoms with van der Waals surface area (Å²) >= 11 is 0. The molecule has 0 bridgehead atoms. The zero-order valence-corrected chi connectivity index (χ0v) is 14.6. The minimum absolute atomic E-state index is 0.180. The maximum atomic E-state index is 12.9. The van der Waals surface area contributed by atoms with Gasteiger partial charge >= 0.3 is 0 Å². The number of aryl methyl sites for hydroxylation is 2. The summed E-state index contributed by atoms with van der Waals surface area (Å²) in [6, 6.07) is 19.6. The van der Waals surface area contributed by atoms with Gasteiger partial charge in [0.1, 0.15) is 23.0 Å². The molecule has 2 heterocycles. The minimum atomic E-state index is -0.180. The van der Waals surface area contributed by atoms with E-state index < -0.39 is 0 Å². The highest BCUT2D eigenvalue weighted by molar-refractivity contribution is 6.06. The summed E-state index contributed by atoms with van der Waals surface area (Å²) in [6.45, 7) is 0. The third-order valence-corrected chi connectivity index (χ3v) is 4.28. The van der Waals surface area contributed by atoms with E-state index in [2.05, 4.69) is 9.97 Å². The van der Waals surface area contributed by atoms with Gasteiger partial charge in [0, 0.05) is 37.6 Å². The molecule has 0 fully saturated rings. The lowest BCUT2D eigenvalue weighted by atomic mass is 10.2. The second kappa shape index (κ2) is 6.44. The van der Waals surface area contributed by atoms with Crippen molar-refractivity contribution in [3.8, 4) is 22.8 Å². The Morgan fingerprint density at radius 1 is 0.692 bits per heavy atom. The van der Waals surface area contributed by atoms with Crippen LogP contribution in [-0.2, 0) is 14.1 Å². The lowest BCUT2D eigenvalue weighted by Gasteiger charge is -1.99. The zero-order valence-electron chi connectivity index (χ0n) is 14.6. The average molecular weight is 342 g/mol. The van der Waals surface area contributed by atoms with Crippen molar-refractivity contribution in [2.45, 2.75) is 0 Å². The molecule has 2 aromatic carbocycles. The van der Waals surface area contributed by atoms with E-state index in [4.69, 9.17) is 0 Å². The topological polar surface area (TPSA) is 52.7 Å². The predicted octanol–water partition coefficient (Wildman–Crippen LogP) is 3.72. The second-order valence-corrected chi connectivity index (χ2v) is 6.18. The lowest BCUT2D eigenvalue weighted by molar-refractivity contribution is 0.103. The molecule has 5 heteroatoms. The molecule has 0 aliphatic carbocycles. The molecule has 26 heavy (non-hydrogen) atoms. The van der Waals surface area contributed by atoms with Crippen LogP contribution in [-0.4, -0.2) is 24.9 Å². The van der Waals surface area contributed by atoms with Crippen LogP contribution in [0, 0.1) is 0 Å². The summed E-state index contributed by atoms with van der Waals surface area (Å²) in [7, 11) is 3.78. The van der Waals surface area contributed by atoms with E-state index in [0.717, 1.165) is 22.8 Å². The Bertz CT molecular complexity index is 976. The SMILES string of the molecule is Cn1cc(C(=O)c2cn(C)c(-c3ccccc3)n2)nc1-c1ccccc1. The molecule has 4 rings (SSSR count). The molecule has 0 amide bonds. The molecule has 0 radical (unpaired) electrons. The monoisotopic (exact) mass is 342 g/mol. The number of nitrogens with zero attached hydrogens (tertiary/aromatic N) is 4. The van der Waals surface area contributed by atoms with Crippen LogP contribution in [0.1, 0.15) is 16.2 Å². The summed E-state index contributed by atoms with van der Waals surface area (Å²) in [6.07, 6.45) is 3.50. The van der Waals surface area contributed by atoms with Crippen LogP contribution >= 0.6 is 0 Å². The largest absolute Gasteiger partial charge is 0.333 e. The molecule has 0 aliphatic rings. The fourth-order valence-corrected chi connectivity index (χ4v) is 2.99. The van der Waals surface area contributed by atoms with E-state index in [1.165, 1.54) is 0 Å². The van der Waals surface area contributed by atoms with Crippen LogP contribution < -0.4 is 0 Å². The van der Waals surface area contributed by atoms with Crippen LogP contribution in [0.2, 0.25) is 0 Å². The number of ketones is 1. The molecule has 0 atom stereocenters. The fourth-order valence-electron chi connectivity index (χ4n) is 2.99. The molecule has 128 valence electrons. The van der Waals surface area contributed by atoms with Crippen molar-refractivity contribution in [1.29, 1.82) is 0 Å². The second-order valence-electron chi connectivity index (χ2n) is 6.18. The van der Waals surface area contributed by atoms with Crippen LogP contribution in [0.25, 0.3) is 22.8 Å². The molecule has 0 spiro atoms. The molecule has 4 aromatic rings. The molecular weight excluding hydrogens is 324 g/mol. The van der Waals surface area contributed by atoms with Gasteiger partial charge < -0.3 is 9.13 Å². The highest BCUT2D eigenvalue weighted by Gasteiger charge is 2.19. The molecule has 0 N–H and O–H groups in total. The molecule has 0 unspecified atom stereocenters. The number of carbonyl (C=O) groups excluding carboxylic acids is 1. The van der Waals surface area contributed by atoms with E-state index in [1.807, 2.05) is 83.9 Å². The first kappa shape index (κ1) is 16.0. The van der Waals surface area contributed by atoms with Crippen LogP contribution in [0.5, 0.6) is 0 Å². The standard InChI is InChI=1S/C21H18N4O/c1-24-13-17(22-20(24)15-9-5-3-6-10-15)19(26)18-14-25(2)21(23-18)16-11-7-4-8-12-16/h3-14H,1-2H3. The zero-order chi connectivity index (χ0) is 18.1. The normalized spacial score (nSPS) is 10.8. The number of aromatic nitrogens is 4. The van der Waals surface area contributed by atoms with Gasteiger partial charge in [0.25, 0.3) is 0 Å². The van der Waals surface area contributed by atoms with Crippen molar-refractivity contribution >= 4 is 5.78 Å². The Morgan fingerprint density at radius 2 is 1.08 bits per heavy atom. The molecule has 0 saturated heterocycles. The molecular formula is C21H18N4O. The quantitative estimate of drug-likeness (QED) is 0.531. The number of carbonyl (C=O) groups is 1. The van der Waals surface area contributed by atoms with E-state index in [0.29, 0.717) is 11.4 Å². The first-order chi connectivity index (χ1) is 12.6. The Balaban J connectivity index is 1.69. The number of benzene rings is 2. The van der Waals surface area contributed by atoms with Crippen molar-refractivity contribution in [3.05, 3.63) is 84.4 Å². The predicted molar refractivity (Wildman–Crippen MR) is 101 cm³/mol. The third kappa shape index (κ3) is 2.84. The third-order valence-electron chi connectivity index (χ3n) is 4.28. The Labute approximate surface area is 151 Å². The summed E-state index contributed by atoms with van der Waals surface area (Å²) in [5.41, 5.74) is 2.73. The van der Waals surface area contributed by atoms with Gasteiger partial charge in [-0.2, -0.15) is 0 Å². The molecule has 2 aromatic heterocycles. The van der Waals surface area contributed by atoms with Crippen molar-refractivity contribution in [2.24, 2.45) is 14.1 Å². The molecule has 5 nitrogen and oxygen atoms in total. The van der Waals surface area contributed by atoms with Crippen LogP contribution in [0.15, 0.2) is 73.1 Å². The summed E-state index contributed by atoms with van der Waals surface area (Å²) in [5, 5.41) is 0. The number of imidazole rings is 2. The van der Waals surface area contributed by atoms with Crippen LogP contribution in [0.4, 0.5) is 0 Å². The first-order valence-corrected chi connectivity index (χ1v) is 8.36. The van der Waals surface area contributed by atoms with Crippen molar-refractivity contribution in [1.82, 2.24) is 19.1 Å². The first-order valence-electron chi connectivity index (χ1n) is 8.36. The van der Waals surface area contributed by atoms with Crippen molar-refractivity contribution in [2.75, 3.05) is 0 Å². The van der Waals surface area contributed by atoms with E-state index in [1.54, 1.807) is 12.4 Å². The van der Waals surface area contributed by atoms with Crippen LogP contribution in [0.3, 0.4) is 0 Å². The number of hydrogen-bond acceptors (Lipinski definition) is 3.